The van der Waals surface area contributed by atoms with Crippen molar-refractivity contribution >= 4 is 23.5 Å². The lowest BCUT2D eigenvalue weighted by Crippen LogP contribution is -2.29. The summed E-state index contributed by atoms with van der Waals surface area (Å²) in [6.07, 6.45) is -3.70. The third-order valence-electron chi connectivity index (χ3n) is 2.89. The van der Waals surface area contributed by atoms with Crippen LogP contribution in [0.1, 0.15) is 15.9 Å². The minimum Gasteiger partial charge on any atom is -0.475 e. The molecule has 0 saturated heterocycles. The van der Waals surface area contributed by atoms with Gasteiger partial charge in [0.25, 0.3) is 5.91 Å². The van der Waals surface area contributed by atoms with Crippen LogP contribution in [0, 0.1) is 17.0 Å². The number of nitrogens with two attached hydrogens (primary N) is 1. The molecule has 2 rings (SSSR count). The van der Waals surface area contributed by atoms with Crippen LogP contribution >= 0.6 is 11.6 Å². The van der Waals surface area contributed by atoms with Gasteiger partial charge in [0.1, 0.15) is 17.1 Å². The molecule has 1 amide bonds. The first-order valence-electron chi connectivity index (χ1n) is 6.80. The molecule has 0 atom stereocenters. The second kappa shape index (κ2) is 8.62. The maximum Gasteiger partial charge on any atom is 0.490 e. The van der Waals surface area contributed by atoms with Crippen molar-refractivity contribution in [2.75, 3.05) is 0 Å². The van der Waals surface area contributed by atoms with Gasteiger partial charge < -0.3 is 15.4 Å². The molecule has 1 aromatic heterocycles. The number of aliphatic carboxylic acids is 1. The summed E-state index contributed by atoms with van der Waals surface area (Å²) in [5.41, 5.74) is 5.21. The highest BCUT2D eigenvalue weighted by atomic mass is 35.5. The van der Waals surface area contributed by atoms with E-state index < -0.39 is 29.7 Å². The van der Waals surface area contributed by atoms with Gasteiger partial charge >= 0.3 is 12.1 Å². The molecule has 2 aromatic rings. The fourth-order valence-electron chi connectivity index (χ4n) is 1.82. The van der Waals surface area contributed by atoms with Gasteiger partial charge in [-0.2, -0.15) is 13.2 Å². The van der Waals surface area contributed by atoms with Crippen LogP contribution < -0.4 is 11.2 Å². The summed E-state index contributed by atoms with van der Waals surface area (Å²) >= 11 is 5.83. The van der Waals surface area contributed by atoms with Gasteiger partial charge in [0, 0.05) is 18.8 Å². The Hall–Kier alpha value is -2.95. The number of primary amides is 1. The Balaban J connectivity index is 0.000000445. The number of carboxylic acids is 1. The molecular weight excluding hydrogens is 401 g/mol. The smallest absolute Gasteiger partial charge is 0.475 e. The van der Waals surface area contributed by atoms with Gasteiger partial charge in [-0.1, -0.05) is 11.6 Å². The minimum atomic E-state index is -5.08. The highest BCUT2D eigenvalue weighted by molar-refractivity contribution is 6.30. The lowest BCUT2D eigenvalue weighted by Gasteiger charge is -2.10. The fourth-order valence-corrected chi connectivity index (χ4v) is 2.05. The first-order chi connectivity index (χ1) is 12.3. The lowest BCUT2D eigenvalue weighted by molar-refractivity contribution is -0.192. The fraction of sp³-hybridized carbons (Fsp3) is 0.133. The third-order valence-corrected chi connectivity index (χ3v) is 3.09. The van der Waals surface area contributed by atoms with E-state index in [1.807, 2.05) is 0 Å². The van der Waals surface area contributed by atoms with E-state index in [2.05, 4.69) is 0 Å². The molecule has 1 aromatic carbocycles. The second-order valence-electron chi connectivity index (χ2n) is 4.99. The average Bonchev–Trinajstić information content (AvgIpc) is 2.49. The number of alkyl halides is 3. The molecule has 146 valence electrons. The zero-order valence-electron chi connectivity index (χ0n) is 13.1. The molecule has 0 spiro atoms. The predicted octanol–water partition coefficient (Wildman–Crippen LogP) is 2.68. The Morgan fingerprint density at radius 2 is 1.63 bits per heavy atom. The number of pyridine rings is 1. The van der Waals surface area contributed by atoms with Crippen LogP contribution in [0.2, 0.25) is 5.02 Å². The Labute approximate surface area is 153 Å². The van der Waals surface area contributed by atoms with Crippen molar-refractivity contribution in [3.63, 3.8) is 0 Å². The number of nitrogens with zero attached hydrogens (tertiary/aromatic N) is 1. The highest BCUT2D eigenvalue weighted by Crippen LogP contribution is 2.13. The molecule has 6 nitrogen and oxygen atoms in total. The normalized spacial score (nSPS) is 10.7. The molecule has 27 heavy (non-hydrogen) atoms. The van der Waals surface area contributed by atoms with E-state index in [-0.39, 0.29) is 22.6 Å². The average molecular weight is 412 g/mol. The van der Waals surface area contributed by atoms with Gasteiger partial charge in [0.2, 0.25) is 0 Å². The number of benzene rings is 1. The van der Waals surface area contributed by atoms with E-state index in [0.29, 0.717) is 5.56 Å². The Morgan fingerprint density at radius 1 is 1.15 bits per heavy atom. The summed E-state index contributed by atoms with van der Waals surface area (Å²) in [7, 11) is 0. The molecule has 4 N–H and O–H groups in total. The van der Waals surface area contributed by atoms with Crippen LogP contribution in [-0.4, -0.2) is 27.7 Å². The van der Waals surface area contributed by atoms with Gasteiger partial charge in [-0.15, -0.1) is 0 Å². The SMILES string of the molecule is N=c1c(C(N)=O)cc(Cl)cn1Cc1cc(F)cc(F)c1.O=C(O)C(F)(F)F. The maximum atomic E-state index is 13.1. The number of carbonyl (C=O) groups is 2. The van der Waals surface area contributed by atoms with Crippen molar-refractivity contribution in [2.24, 2.45) is 5.73 Å². The zero-order chi connectivity index (χ0) is 20.9. The summed E-state index contributed by atoms with van der Waals surface area (Å²) in [5.74, 6) is -4.99. The second-order valence-corrected chi connectivity index (χ2v) is 5.43. The number of halogens is 6. The Morgan fingerprint density at radius 3 is 2.04 bits per heavy atom. The van der Waals surface area contributed by atoms with Crippen LogP contribution in [0.5, 0.6) is 0 Å². The van der Waals surface area contributed by atoms with Crippen molar-refractivity contribution in [3.05, 3.63) is 63.7 Å². The van der Waals surface area contributed by atoms with Gasteiger partial charge in [-0.05, 0) is 23.8 Å². The number of rotatable bonds is 3. The number of nitrogens with one attached hydrogen (secondary N) is 1. The quantitative estimate of drug-likeness (QED) is 0.675. The number of carbonyl (C=O) groups excluding carboxylic acids is 1. The Kier molecular flexibility index (Phi) is 7.06. The van der Waals surface area contributed by atoms with Crippen molar-refractivity contribution in [2.45, 2.75) is 12.7 Å². The molecule has 0 fully saturated rings. The molecule has 0 bridgehead atoms. The van der Waals surface area contributed by atoms with Gasteiger partial charge in [-0.3, -0.25) is 10.2 Å². The molecule has 0 radical (unpaired) electrons. The van der Waals surface area contributed by atoms with Gasteiger partial charge in [-0.25, -0.2) is 13.6 Å². The number of aromatic nitrogens is 1. The summed E-state index contributed by atoms with van der Waals surface area (Å²) < 4.78 is 59.3. The summed E-state index contributed by atoms with van der Waals surface area (Å²) in [6.45, 7) is -0.00560. The first kappa shape index (κ1) is 22.1. The number of carboxylic acid groups (broad SMARTS) is 1. The Bertz CT molecular complexity index is 908. The largest absolute Gasteiger partial charge is 0.490 e. The summed E-state index contributed by atoms with van der Waals surface area (Å²) in [5, 5.41) is 15.2. The van der Waals surface area contributed by atoms with Crippen LogP contribution in [0.15, 0.2) is 30.5 Å². The monoisotopic (exact) mass is 411 g/mol. The number of hydrogen-bond donors (Lipinski definition) is 3. The van der Waals surface area contributed by atoms with Crippen molar-refractivity contribution in [1.29, 1.82) is 5.41 Å². The molecule has 0 saturated carbocycles. The van der Waals surface area contributed by atoms with E-state index in [0.717, 1.165) is 18.2 Å². The molecule has 12 heteroatoms. The van der Waals surface area contributed by atoms with Crippen molar-refractivity contribution < 1.29 is 36.6 Å². The van der Waals surface area contributed by atoms with Crippen LogP contribution in [0.4, 0.5) is 22.0 Å². The maximum absolute atomic E-state index is 13.1. The molecule has 0 unspecified atom stereocenters. The van der Waals surface area contributed by atoms with Gasteiger partial charge in [0.05, 0.1) is 10.6 Å². The minimum absolute atomic E-state index is 0.00560. The van der Waals surface area contributed by atoms with Gasteiger partial charge in [0.15, 0.2) is 0 Å². The predicted molar refractivity (Wildman–Crippen MR) is 83.0 cm³/mol. The third kappa shape index (κ3) is 6.70. The van der Waals surface area contributed by atoms with Crippen molar-refractivity contribution in [1.82, 2.24) is 4.57 Å². The first-order valence-corrected chi connectivity index (χ1v) is 7.18. The van der Waals surface area contributed by atoms with Crippen LogP contribution in [0.25, 0.3) is 0 Å². The molecule has 0 aliphatic heterocycles. The van der Waals surface area contributed by atoms with E-state index in [1.54, 1.807) is 0 Å². The summed E-state index contributed by atoms with van der Waals surface area (Å²) in [4.78, 5) is 20.1. The molecular formula is C15H11ClF5N3O3. The topological polar surface area (TPSA) is 109 Å². The van der Waals surface area contributed by atoms with E-state index in [4.69, 9.17) is 32.6 Å². The van der Waals surface area contributed by atoms with E-state index in [1.165, 1.54) is 16.8 Å². The molecule has 0 aliphatic carbocycles. The number of hydrogen-bond acceptors (Lipinski definition) is 3. The standard InChI is InChI=1S/C13H10ClF2N3O.C2HF3O2/c14-8-3-11(13(18)20)12(17)19(6-8)5-7-1-9(15)4-10(16)2-7;3-2(4,5)1(6)7/h1-4,6,17H,5H2,(H2,18,20);(H,6,7). The summed E-state index contributed by atoms with van der Waals surface area (Å²) in [6, 6.07) is 4.30. The van der Waals surface area contributed by atoms with E-state index >= 15 is 0 Å². The zero-order valence-corrected chi connectivity index (χ0v) is 13.9. The van der Waals surface area contributed by atoms with Crippen LogP contribution in [0.3, 0.4) is 0 Å². The molecule has 0 aliphatic rings. The number of amides is 1. The highest BCUT2D eigenvalue weighted by Gasteiger charge is 2.38. The lowest BCUT2D eigenvalue weighted by atomic mass is 10.2. The van der Waals surface area contributed by atoms with E-state index in [9.17, 15) is 26.7 Å². The van der Waals surface area contributed by atoms with Crippen LogP contribution in [-0.2, 0) is 11.3 Å². The van der Waals surface area contributed by atoms with Crippen molar-refractivity contribution in [3.8, 4) is 0 Å². The molecule has 1 heterocycles.